The molecule has 4 nitrogen and oxygen atoms in total. The summed E-state index contributed by atoms with van der Waals surface area (Å²) in [6.45, 7) is 2.06. The standard InChI is InChI=1S/C24H17Cl2N3O/c1-14-3-5-15(6-4-14)23-19-13-27-21-9-8-17(30-2)12-18(21)24(19)29(28-23)22-10-7-16(25)11-20(22)26/h3-13H,1-2H3. The molecule has 0 aliphatic carbocycles. The Kier molecular flexibility index (Phi) is 4.61. The second-order valence-corrected chi connectivity index (χ2v) is 7.97. The Bertz CT molecular complexity index is 1410. The van der Waals surface area contributed by atoms with E-state index >= 15 is 0 Å². The molecule has 0 fully saturated rings. The number of halogens is 2. The Balaban J connectivity index is 1.91. The van der Waals surface area contributed by atoms with E-state index in [1.54, 1.807) is 13.2 Å². The van der Waals surface area contributed by atoms with E-state index in [9.17, 15) is 0 Å². The summed E-state index contributed by atoms with van der Waals surface area (Å²) in [5, 5.41) is 7.93. The molecule has 0 spiro atoms. The van der Waals surface area contributed by atoms with Gasteiger partial charge >= 0.3 is 0 Å². The van der Waals surface area contributed by atoms with E-state index in [4.69, 9.17) is 33.0 Å². The zero-order valence-corrected chi connectivity index (χ0v) is 17.9. The zero-order valence-electron chi connectivity index (χ0n) is 16.4. The third-order valence-corrected chi connectivity index (χ3v) is 5.71. The number of rotatable bonds is 3. The van der Waals surface area contributed by atoms with Gasteiger partial charge in [-0.05, 0) is 43.3 Å². The van der Waals surface area contributed by atoms with Crippen LogP contribution in [0.1, 0.15) is 5.56 Å². The Morgan fingerprint density at radius 2 is 1.70 bits per heavy atom. The first kappa shape index (κ1) is 18.9. The lowest BCUT2D eigenvalue weighted by atomic mass is 10.1. The average Bonchev–Trinajstić information content (AvgIpc) is 3.14. The Morgan fingerprint density at radius 1 is 0.900 bits per heavy atom. The van der Waals surface area contributed by atoms with Crippen LogP contribution in [0.15, 0.2) is 66.9 Å². The summed E-state index contributed by atoms with van der Waals surface area (Å²) in [6.07, 6.45) is 1.87. The summed E-state index contributed by atoms with van der Waals surface area (Å²) >= 11 is 12.7. The first-order chi connectivity index (χ1) is 14.5. The van der Waals surface area contributed by atoms with Gasteiger partial charge in [0.2, 0.25) is 0 Å². The summed E-state index contributed by atoms with van der Waals surface area (Å²) in [5.74, 6) is 0.753. The van der Waals surface area contributed by atoms with Crippen LogP contribution in [0, 0.1) is 6.92 Å². The third kappa shape index (κ3) is 3.09. The van der Waals surface area contributed by atoms with Crippen LogP contribution >= 0.6 is 23.2 Å². The van der Waals surface area contributed by atoms with Crippen molar-refractivity contribution in [2.45, 2.75) is 6.92 Å². The van der Waals surface area contributed by atoms with Gasteiger partial charge in [0, 0.05) is 27.6 Å². The number of aryl methyl sites for hydroxylation is 1. The zero-order chi connectivity index (χ0) is 20.8. The fourth-order valence-corrected chi connectivity index (χ4v) is 4.13. The van der Waals surface area contributed by atoms with Gasteiger partial charge in [-0.15, -0.1) is 0 Å². The van der Waals surface area contributed by atoms with E-state index in [1.165, 1.54) is 5.56 Å². The lowest BCUT2D eigenvalue weighted by molar-refractivity contribution is 0.415. The topological polar surface area (TPSA) is 39.9 Å². The van der Waals surface area contributed by atoms with Crippen molar-refractivity contribution in [2.75, 3.05) is 7.11 Å². The van der Waals surface area contributed by atoms with Gasteiger partial charge in [-0.25, -0.2) is 4.68 Å². The number of ether oxygens (including phenoxy) is 1. The molecule has 3 aromatic carbocycles. The molecule has 0 saturated heterocycles. The van der Waals surface area contributed by atoms with Gasteiger partial charge in [-0.1, -0.05) is 53.0 Å². The molecule has 5 aromatic rings. The number of fused-ring (bicyclic) bond motifs is 3. The van der Waals surface area contributed by atoms with Crippen LogP contribution in [-0.2, 0) is 0 Å². The number of nitrogens with zero attached hydrogens (tertiary/aromatic N) is 3. The predicted molar refractivity (Wildman–Crippen MR) is 123 cm³/mol. The van der Waals surface area contributed by atoms with Gasteiger partial charge in [-0.2, -0.15) is 5.10 Å². The SMILES string of the molecule is COc1ccc2ncc3c(-c4ccc(C)cc4)nn(-c4ccc(Cl)cc4Cl)c3c2c1. The van der Waals surface area contributed by atoms with Crippen molar-refractivity contribution in [1.82, 2.24) is 14.8 Å². The highest BCUT2D eigenvalue weighted by atomic mass is 35.5. The molecule has 0 aliphatic rings. The Hall–Kier alpha value is -3.08. The van der Waals surface area contributed by atoms with Crippen LogP contribution in [0.4, 0.5) is 0 Å². The molecule has 0 unspecified atom stereocenters. The lowest BCUT2D eigenvalue weighted by Crippen LogP contribution is -1.98. The van der Waals surface area contributed by atoms with Crippen molar-refractivity contribution in [2.24, 2.45) is 0 Å². The van der Waals surface area contributed by atoms with Crippen LogP contribution in [-0.4, -0.2) is 21.9 Å². The molecule has 0 radical (unpaired) electrons. The van der Waals surface area contributed by atoms with Crippen molar-refractivity contribution < 1.29 is 4.74 Å². The fraction of sp³-hybridized carbons (Fsp3) is 0.0833. The molecular formula is C24H17Cl2N3O. The minimum absolute atomic E-state index is 0.523. The van der Waals surface area contributed by atoms with Crippen LogP contribution in [0.25, 0.3) is 38.8 Å². The van der Waals surface area contributed by atoms with Crippen molar-refractivity contribution in [3.8, 4) is 22.7 Å². The minimum Gasteiger partial charge on any atom is -0.497 e. The Morgan fingerprint density at radius 3 is 2.43 bits per heavy atom. The minimum atomic E-state index is 0.523. The highest BCUT2D eigenvalue weighted by molar-refractivity contribution is 6.35. The molecule has 5 rings (SSSR count). The van der Waals surface area contributed by atoms with Crippen molar-refractivity contribution in [3.63, 3.8) is 0 Å². The van der Waals surface area contributed by atoms with E-state index in [-0.39, 0.29) is 0 Å². The first-order valence-electron chi connectivity index (χ1n) is 9.43. The average molecular weight is 434 g/mol. The maximum absolute atomic E-state index is 6.56. The number of pyridine rings is 1. The van der Waals surface area contributed by atoms with Crippen LogP contribution in [0.3, 0.4) is 0 Å². The van der Waals surface area contributed by atoms with E-state index in [0.717, 1.165) is 44.5 Å². The molecule has 0 N–H and O–H groups in total. The third-order valence-electron chi connectivity index (χ3n) is 5.18. The van der Waals surface area contributed by atoms with Gasteiger partial charge in [0.05, 0.1) is 28.9 Å². The molecule has 30 heavy (non-hydrogen) atoms. The maximum Gasteiger partial charge on any atom is 0.119 e. The summed E-state index contributed by atoms with van der Waals surface area (Å²) < 4.78 is 7.33. The summed E-state index contributed by atoms with van der Waals surface area (Å²) in [5.41, 5.74) is 5.56. The van der Waals surface area contributed by atoms with Crippen LogP contribution in [0.2, 0.25) is 10.0 Å². The van der Waals surface area contributed by atoms with Gasteiger partial charge in [0.15, 0.2) is 0 Å². The molecule has 6 heteroatoms. The number of hydrogen-bond donors (Lipinski definition) is 0. The van der Waals surface area contributed by atoms with E-state index in [0.29, 0.717) is 10.0 Å². The number of methoxy groups -OCH3 is 1. The molecule has 0 saturated carbocycles. The van der Waals surface area contributed by atoms with Gasteiger partial charge in [0.1, 0.15) is 11.4 Å². The predicted octanol–water partition coefficient (Wildman–Crippen LogP) is 6.86. The monoisotopic (exact) mass is 433 g/mol. The maximum atomic E-state index is 6.56. The van der Waals surface area contributed by atoms with Crippen molar-refractivity contribution in [3.05, 3.63) is 82.5 Å². The molecule has 148 valence electrons. The van der Waals surface area contributed by atoms with Gasteiger partial charge in [-0.3, -0.25) is 4.98 Å². The largest absolute Gasteiger partial charge is 0.497 e. The highest BCUT2D eigenvalue weighted by Gasteiger charge is 2.19. The van der Waals surface area contributed by atoms with Crippen molar-refractivity contribution >= 4 is 45.0 Å². The number of hydrogen-bond acceptors (Lipinski definition) is 3. The molecule has 2 heterocycles. The fourth-order valence-electron chi connectivity index (χ4n) is 3.64. The summed E-state index contributed by atoms with van der Waals surface area (Å²) in [7, 11) is 1.65. The second kappa shape index (κ2) is 7.31. The molecule has 0 atom stereocenters. The normalized spacial score (nSPS) is 11.3. The first-order valence-corrected chi connectivity index (χ1v) is 10.2. The lowest BCUT2D eigenvalue weighted by Gasteiger charge is -2.09. The molecular weight excluding hydrogens is 417 g/mol. The quantitative estimate of drug-likeness (QED) is 0.311. The molecule has 2 aromatic heterocycles. The van der Waals surface area contributed by atoms with E-state index in [1.807, 2.05) is 41.2 Å². The van der Waals surface area contributed by atoms with Crippen LogP contribution in [0.5, 0.6) is 5.75 Å². The van der Waals surface area contributed by atoms with Gasteiger partial charge < -0.3 is 4.74 Å². The van der Waals surface area contributed by atoms with E-state index < -0.39 is 0 Å². The summed E-state index contributed by atoms with van der Waals surface area (Å²) in [4.78, 5) is 4.67. The molecule has 0 aliphatic heterocycles. The number of aromatic nitrogens is 3. The molecule has 0 bridgehead atoms. The highest BCUT2D eigenvalue weighted by Crippen LogP contribution is 2.36. The summed E-state index contributed by atoms with van der Waals surface area (Å²) in [6, 6.07) is 19.5. The smallest absolute Gasteiger partial charge is 0.119 e. The Labute approximate surface area is 183 Å². The number of benzene rings is 3. The van der Waals surface area contributed by atoms with E-state index in [2.05, 4.69) is 36.2 Å². The van der Waals surface area contributed by atoms with Crippen LogP contribution < -0.4 is 4.74 Å². The molecule has 0 amide bonds. The van der Waals surface area contributed by atoms with Gasteiger partial charge in [0.25, 0.3) is 0 Å². The van der Waals surface area contributed by atoms with Crippen molar-refractivity contribution in [1.29, 1.82) is 0 Å². The second-order valence-electron chi connectivity index (χ2n) is 7.13.